The zero-order valence-corrected chi connectivity index (χ0v) is 17.4. The predicted octanol–water partition coefficient (Wildman–Crippen LogP) is 0.0969. The van der Waals surface area contributed by atoms with Crippen molar-refractivity contribution in [1.82, 2.24) is 10.8 Å². The number of aliphatic hydroxyl groups is 1. The fourth-order valence-electron chi connectivity index (χ4n) is 2.06. The van der Waals surface area contributed by atoms with E-state index in [-0.39, 0.29) is 18.1 Å². The maximum absolute atomic E-state index is 12.5. The average Bonchev–Trinajstić information content (AvgIpc) is 2.67. The molecule has 8 nitrogen and oxygen atoms in total. The number of aliphatic hydroxyl groups excluding tert-OH is 1. The Hall–Kier alpha value is -2.85. The summed E-state index contributed by atoms with van der Waals surface area (Å²) in [6, 6.07) is 4.55. The molecule has 0 spiro atoms. The van der Waals surface area contributed by atoms with Crippen molar-refractivity contribution in [3.63, 3.8) is 0 Å². The first-order valence-corrected chi connectivity index (χ1v) is 10.5. The Labute approximate surface area is 170 Å². The molecule has 0 bridgehead atoms. The molecular formula is C20H24N2O6S. The van der Waals surface area contributed by atoms with Gasteiger partial charge in [-0.25, -0.2) is 13.9 Å². The van der Waals surface area contributed by atoms with Crippen LogP contribution in [0.4, 0.5) is 0 Å². The molecule has 2 amide bonds. The van der Waals surface area contributed by atoms with Crippen LogP contribution in [0.1, 0.15) is 36.7 Å². The van der Waals surface area contributed by atoms with E-state index in [0.717, 1.165) is 6.26 Å². The summed E-state index contributed by atoms with van der Waals surface area (Å²) in [5.74, 6) is 8.89. The van der Waals surface area contributed by atoms with Crippen LogP contribution in [-0.4, -0.2) is 54.2 Å². The van der Waals surface area contributed by atoms with E-state index < -0.39 is 32.4 Å². The number of rotatable bonds is 6. The normalized spacial score (nSPS) is 13.0. The number of sulfone groups is 1. The minimum absolute atomic E-state index is 0.0517. The van der Waals surface area contributed by atoms with Gasteiger partial charge in [-0.3, -0.25) is 14.8 Å². The van der Waals surface area contributed by atoms with Gasteiger partial charge in [0.25, 0.3) is 11.8 Å². The van der Waals surface area contributed by atoms with Crippen molar-refractivity contribution in [1.29, 1.82) is 0 Å². The SMILES string of the molecule is CC(C#CC#Cc1ccc(C(=O)N[C@H](C(=O)NO)C(C)(C)S(C)(=O)=O)cc1)CO. The van der Waals surface area contributed by atoms with Gasteiger partial charge in [-0.05, 0) is 56.9 Å². The Morgan fingerprint density at radius 3 is 2.24 bits per heavy atom. The Morgan fingerprint density at radius 2 is 1.76 bits per heavy atom. The van der Waals surface area contributed by atoms with Gasteiger partial charge in [0.05, 0.1) is 11.4 Å². The molecule has 9 heteroatoms. The number of amides is 2. The zero-order chi connectivity index (χ0) is 22.2. The second-order valence-electron chi connectivity index (χ2n) is 6.94. The second kappa shape index (κ2) is 10.1. The minimum atomic E-state index is -3.75. The van der Waals surface area contributed by atoms with Gasteiger partial charge in [-0.1, -0.05) is 11.8 Å². The van der Waals surface area contributed by atoms with Gasteiger partial charge in [0, 0.05) is 23.3 Å². The number of hydrogen-bond acceptors (Lipinski definition) is 6. The molecule has 0 aliphatic rings. The van der Waals surface area contributed by atoms with Crippen LogP contribution >= 0.6 is 0 Å². The molecule has 1 aromatic rings. The first-order valence-electron chi connectivity index (χ1n) is 8.61. The zero-order valence-electron chi connectivity index (χ0n) is 16.6. The third-order valence-electron chi connectivity index (χ3n) is 4.31. The van der Waals surface area contributed by atoms with Crippen LogP contribution in [-0.2, 0) is 14.6 Å². The van der Waals surface area contributed by atoms with Crippen molar-refractivity contribution in [2.75, 3.05) is 12.9 Å². The highest BCUT2D eigenvalue weighted by Gasteiger charge is 2.44. The number of hydroxylamine groups is 1. The van der Waals surface area contributed by atoms with E-state index in [1.54, 1.807) is 19.1 Å². The molecule has 1 unspecified atom stereocenters. The predicted molar refractivity (Wildman–Crippen MR) is 107 cm³/mol. The fourth-order valence-corrected chi connectivity index (χ4v) is 2.66. The Balaban J connectivity index is 3.01. The van der Waals surface area contributed by atoms with Crippen molar-refractivity contribution in [3.8, 4) is 23.7 Å². The topological polar surface area (TPSA) is 133 Å². The molecule has 1 rings (SSSR count). The van der Waals surface area contributed by atoms with E-state index in [2.05, 4.69) is 29.0 Å². The average molecular weight is 420 g/mol. The van der Waals surface area contributed by atoms with Gasteiger partial charge in [-0.2, -0.15) is 0 Å². The molecule has 0 fully saturated rings. The molecule has 2 atom stereocenters. The summed E-state index contributed by atoms with van der Waals surface area (Å²) >= 11 is 0. The first-order chi connectivity index (χ1) is 13.4. The van der Waals surface area contributed by atoms with Gasteiger partial charge in [0.2, 0.25) is 0 Å². The van der Waals surface area contributed by atoms with Crippen LogP contribution < -0.4 is 10.8 Å². The lowest BCUT2D eigenvalue weighted by molar-refractivity contribution is -0.131. The lowest BCUT2D eigenvalue weighted by Crippen LogP contribution is -2.60. The summed E-state index contributed by atoms with van der Waals surface area (Å²) in [5, 5.41) is 20.2. The molecule has 156 valence electrons. The largest absolute Gasteiger partial charge is 0.395 e. The number of nitrogens with one attached hydrogen (secondary N) is 2. The Kier molecular flexibility index (Phi) is 8.41. The first kappa shape index (κ1) is 24.2. The van der Waals surface area contributed by atoms with E-state index in [9.17, 15) is 18.0 Å². The molecule has 0 saturated heterocycles. The molecule has 1 aromatic carbocycles. The molecule has 0 aliphatic carbocycles. The highest BCUT2D eigenvalue weighted by Crippen LogP contribution is 2.21. The number of benzene rings is 1. The van der Waals surface area contributed by atoms with Gasteiger partial charge < -0.3 is 10.4 Å². The molecule has 4 N–H and O–H groups in total. The summed E-state index contributed by atoms with van der Waals surface area (Å²) in [6.45, 7) is 4.27. The van der Waals surface area contributed by atoms with Crippen molar-refractivity contribution in [3.05, 3.63) is 35.4 Å². The molecule has 0 aliphatic heterocycles. The maximum Gasteiger partial charge on any atom is 0.267 e. The summed E-state index contributed by atoms with van der Waals surface area (Å²) in [4.78, 5) is 24.4. The van der Waals surface area contributed by atoms with E-state index in [4.69, 9.17) is 10.3 Å². The van der Waals surface area contributed by atoms with Crippen LogP contribution in [0.3, 0.4) is 0 Å². The van der Waals surface area contributed by atoms with Crippen molar-refractivity contribution in [2.24, 2.45) is 5.92 Å². The summed E-state index contributed by atoms with van der Waals surface area (Å²) < 4.78 is 22.4. The second-order valence-corrected chi connectivity index (χ2v) is 9.53. The number of hydrogen-bond donors (Lipinski definition) is 4. The van der Waals surface area contributed by atoms with Gasteiger partial charge in [-0.15, -0.1) is 0 Å². The molecule has 0 heterocycles. The Morgan fingerprint density at radius 1 is 1.17 bits per heavy atom. The molecule has 0 radical (unpaired) electrons. The lowest BCUT2D eigenvalue weighted by atomic mass is 10.0. The quantitative estimate of drug-likeness (QED) is 0.293. The van der Waals surface area contributed by atoms with Crippen molar-refractivity contribution >= 4 is 21.7 Å². The number of carbonyl (C=O) groups is 2. The highest BCUT2D eigenvalue weighted by atomic mass is 32.2. The standard InChI is InChI=1S/C20H24N2O6S/c1-14(13-23)7-5-6-8-15-9-11-16(12-10-15)18(24)21-17(19(25)22-26)20(2,3)29(4,27)28/h9-12,14,17,23,26H,13H2,1-4H3,(H,21,24)(H,22,25)/t14?,17-/m1/s1. The van der Waals surface area contributed by atoms with E-state index in [1.807, 2.05) is 0 Å². The smallest absolute Gasteiger partial charge is 0.267 e. The molecule has 29 heavy (non-hydrogen) atoms. The van der Waals surface area contributed by atoms with E-state index in [0.29, 0.717) is 5.56 Å². The van der Waals surface area contributed by atoms with E-state index >= 15 is 0 Å². The summed E-state index contributed by atoms with van der Waals surface area (Å²) in [7, 11) is -3.75. The van der Waals surface area contributed by atoms with Crippen LogP contribution in [0, 0.1) is 29.6 Å². The third-order valence-corrected chi connectivity index (χ3v) is 6.45. The molecule has 0 aromatic heterocycles. The Bertz CT molecular complexity index is 976. The number of carbonyl (C=O) groups excluding carboxylic acids is 2. The summed E-state index contributed by atoms with van der Waals surface area (Å²) in [6.07, 6.45) is 0.939. The van der Waals surface area contributed by atoms with Crippen molar-refractivity contribution < 1.29 is 28.3 Å². The molecule has 0 saturated carbocycles. The van der Waals surface area contributed by atoms with Crippen LogP contribution in [0.15, 0.2) is 24.3 Å². The highest BCUT2D eigenvalue weighted by molar-refractivity contribution is 7.92. The molecular weight excluding hydrogens is 396 g/mol. The van der Waals surface area contributed by atoms with Crippen LogP contribution in [0.2, 0.25) is 0 Å². The van der Waals surface area contributed by atoms with Gasteiger partial charge >= 0.3 is 0 Å². The van der Waals surface area contributed by atoms with Crippen molar-refractivity contribution in [2.45, 2.75) is 31.6 Å². The van der Waals surface area contributed by atoms with Crippen LogP contribution in [0.5, 0.6) is 0 Å². The van der Waals surface area contributed by atoms with Gasteiger partial charge in [0.15, 0.2) is 9.84 Å². The third kappa shape index (κ3) is 6.61. The lowest BCUT2D eigenvalue weighted by Gasteiger charge is -2.31. The minimum Gasteiger partial charge on any atom is -0.395 e. The van der Waals surface area contributed by atoms with E-state index in [1.165, 1.54) is 31.5 Å². The maximum atomic E-state index is 12.5. The monoisotopic (exact) mass is 420 g/mol. The van der Waals surface area contributed by atoms with Crippen LogP contribution in [0.25, 0.3) is 0 Å². The van der Waals surface area contributed by atoms with Gasteiger partial charge in [0.1, 0.15) is 6.04 Å². The fraction of sp³-hybridized carbons (Fsp3) is 0.400. The summed E-state index contributed by atoms with van der Waals surface area (Å²) in [5.41, 5.74) is 2.15.